The third-order valence-electron chi connectivity index (χ3n) is 7.81. The second-order valence-corrected chi connectivity index (χ2v) is 12.3. The minimum Gasteiger partial charge on any atom is -0.497 e. The maximum Gasteiger partial charge on any atom is 0.266 e. The molecular weight excluding hydrogens is 680 g/mol. The van der Waals surface area contributed by atoms with Crippen LogP contribution in [0, 0.1) is 0 Å². The predicted octanol–water partition coefficient (Wildman–Crippen LogP) is 8.94. The van der Waals surface area contributed by atoms with Crippen LogP contribution in [0.1, 0.15) is 23.6 Å². The van der Waals surface area contributed by atoms with Gasteiger partial charge < -0.3 is 4.74 Å². The maximum absolute atomic E-state index is 14.1. The first kappa shape index (κ1) is 28.3. The minimum absolute atomic E-state index is 0.0341. The molecule has 44 heavy (non-hydrogen) atoms. The van der Waals surface area contributed by atoms with E-state index in [-0.39, 0.29) is 11.6 Å². The Morgan fingerprint density at radius 2 is 1.45 bits per heavy atom. The number of halogens is 2. The summed E-state index contributed by atoms with van der Waals surface area (Å²) in [6.45, 7) is 0. The fraction of sp³-hybridized carbons (Fsp3) is 0.0833. The summed E-state index contributed by atoms with van der Waals surface area (Å²) >= 11 is 7.13. The summed E-state index contributed by atoms with van der Waals surface area (Å²) in [5.74, 6) is 1.40. The number of hydrazone groups is 1. The van der Waals surface area contributed by atoms with Gasteiger partial charge in [0.15, 0.2) is 0 Å². The zero-order valence-electron chi connectivity index (χ0n) is 23.7. The van der Waals surface area contributed by atoms with Crippen LogP contribution in [-0.4, -0.2) is 22.4 Å². The van der Waals surface area contributed by atoms with Crippen LogP contribution in [0.25, 0.3) is 28.0 Å². The summed E-state index contributed by atoms with van der Waals surface area (Å²) in [6.07, 6.45) is 0.732. The van der Waals surface area contributed by atoms with Gasteiger partial charge in [0.2, 0.25) is 0 Å². The number of aromatic nitrogens is 2. The van der Waals surface area contributed by atoms with Gasteiger partial charge in [-0.1, -0.05) is 88.7 Å². The third kappa shape index (κ3) is 5.25. The standard InChI is InChI=1S/C36H26Br2N4O2/c1-44-29-18-14-24(15-19-29)33-22-32(40-42(33)28-10-6-3-7-11-28)23-12-16-27(17-13-23)41-35(25-8-4-2-5-9-25)39-34-30(36(41)43)20-26(37)21-31(34)38/h2-21,33H,22H2,1H3. The SMILES string of the molecule is COc1ccc(C2CC(c3ccc(-n4c(-c5ccccc5)nc5c(Br)cc(Br)cc5c4=O)cc3)=NN2c2ccccc2)cc1. The molecule has 8 heteroatoms. The van der Waals surface area contributed by atoms with Gasteiger partial charge in [-0.2, -0.15) is 5.10 Å². The number of nitrogens with zero attached hydrogens (tertiary/aromatic N) is 4. The summed E-state index contributed by atoms with van der Waals surface area (Å²) in [5, 5.41) is 7.72. The number of para-hydroxylation sites is 1. The molecule has 2 heterocycles. The van der Waals surface area contributed by atoms with Crippen LogP contribution in [0.4, 0.5) is 5.69 Å². The van der Waals surface area contributed by atoms with Crippen LogP contribution in [-0.2, 0) is 0 Å². The molecule has 7 rings (SSSR count). The van der Waals surface area contributed by atoms with Gasteiger partial charge in [0.25, 0.3) is 5.56 Å². The zero-order chi connectivity index (χ0) is 30.2. The van der Waals surface area contributed by atoms with E-state index >= 15 is 0 Å². The van der Waals surface area contributed by atoms with E-state index in [1.165, 1.54) is 0 Å². The molecule has 0 N–H and O–H groups in total. The normalized spacial score (nSPS) is 14.6. The lowest BCUT2D eigenvalue weighted by molar-refractivity contribution is 0.414. The monoisotopic (exact) mass is 704 g/mol. The summed E-state index contributed by atoms with van der Waals surface area (Å²) in [5.41, 5.74) is 6.22. The molecule has 0 amide bonds. The van der Waals surface area contributed by atoms with E-state index in [2.05, 4.69) is 61.1 Å². The first-order valence-electron chi connectivity index (χ1n) is 14.1. The Morgan fingerprint density at radius 3 is 2.14 bits per heavy atom. The number of methoxy groups -OCH3 is 1. The van der Waals surface area contributed by atoms with Crippen LogP contribution in [0.5, 0.6) is 5.75 Å². The van der Waals surface area contributed by atoms with Crippen molar-refractivity contribution < 1.29 is 4.74 Å². The fourth-order valence-electron chi connectivity index (χ4n) is 5.63. The van der Waals surface area contributed by atoms with Crippen molar-refractivity contribution in [3.8, 4) is 22.8 Å². The Balaban J connectivity index is 1.30. The second-order valence-electron chi connectivity index (χ2n) is 10.5. The molecular formula is C36H26Br2N4O2. The van der Waals surface area contributed by atoms with E-state index in [1.54, 1.807) is 11.7 Å². The number of rotatable bonds is 6. The largest absolute Gasteiger partial charge is 0.497 e. The number of anilines is 1. The second kappa shape index (κ2) is 11.9. The Hall–Kier alpha value is -4.53. The maximum atomic E-state index is 14.1. The van der Waals surface area contributed by atoms with Gasteiger partial charge >= 0.3 is 0 Å². The van der Waals surface area contributed by atoms with E-state index in [4.69, 9.17) is 14.8 Å². The van der Waals surface area contributed by atoms with Gasteiger partial charge in [0, 0.05) is 20.9 Å². The molecule has 1 aliphatic rings. The highest BCUT2D eigenvalue weighted by Gasteiger charge is 2.30. The van der Waals surface area contributed by atoms with E-state index in [0.29, 0.717) is 16.7 Å². The molecule has 0 spiro atoms. The van der Waals surface area contributed by atoms with Crippen LogP contribution >= 0.6 is 31.9 Å². The van der Waals surface area contributed by atoms with Gasteiger partial charge in [-0.25, -0.2) is 4.98 Å². The highest BCUT2D eigenvalue weighted by molar-refractivity contribution is 9.11. The van der Waals surface area contributed by atoms with Crippen molar-refractivity contribution in [2.75, 3.05) is 12.1 Å². The van der Waals surface area contributed by atoms with Gasteiger partial charge in [0.1, 0.15) is 11.6 Å². The zero-order valence-corrected chi connectivity index (χ0v) is 26.9. The Kier molecular flexibility index (Phi) is 7.62. The summed E-state index contributed by atoms with van der Waals surface area (Å²) in [6, 6.07) is 40.0. The molecule has 0 fully saturated rings. The molecule has 0 bridgehead atoms. The molecule has 0 radical (unpaired) electrons. The average Bonchev–Trinajstić information content (AvgIpc) is 3.52. The number of hydrogen-bond acceptors (Lipinski definition) is 5. The van der Waals surface area contributed by atoms with Crippen molar-refractivity contribution in [3.05, 3.63) is 152 Å². The van der Waals surface area contributed by atoms with Crippen molar-refractivity contribution >= 4 is 54.2 Å². The topological polar surface area (TPSA) is 59.7 Å². The molecule has 0 aliphatic carbocycles. The lowest BCUT2D eigenvalue weighted by Crippen LogP contribution is -2.22. The Labute approximate surface area is 271 Å². The van der Waals surface area contributed by atoms with Crippen LogP contribution < -0.4 is 15.3 Å². The van der Waals surface area contributed by atoms with E-state index in [9.17, 15) is 4.79 Å². The van der Waals surface area contributed by atoms with Crippen molar-refractivity contribution in [1.82, 2.24) is 9.55 Å². The lowest BCUT2D eigenvalue weighted by atomic mass is 9.98. The van der Waals surface area contributed by atoms with Crippen LogP contribution in [0.2, 0.25) is 0 Å². The van der Waals surface area contributed by atoms with Gasteiger partial charge in [0.05, 0.1) is 41.1 Å². The molecule has 6 nitrogen and oxygen atoms in total. The average molecular weight is 706 g/mol. The Bertz CT molecular complexity index is 2060. The molecule has 0 saturated heterocycles. The molecule has 1 unspecified atom stereocenters. The van der Waals surface area contributed by atoms with Gasteiger partial charge in [-0.15, -0.1) is 0 Å². The molecule has 216 valence electrons. The lowest BCUT2D eigenvalue weighted by Gasteiger charge is -2.24. The van der Waals surface area contributed by atoms with Crippen molar-refractivity contribution in [2.24, 2.45) is 5.10 Å². The third-order valence-corrected chi connectivity index (χ3v) is 8.88. The number of hydrogen-bond donors (Lipinski definition) is 0. The fourth-order valence-corrected chi connectivity index (χ4v) is 6.94. The number of ether oxygens (including phenoxy) is 1. The molecule has 6 aromatic rings. The quantitative estimate of drug-likeness (QED) is 0.174. The molecule has 1 aliphatic heterocycles. The van der Waals surface area contributed by atoms with Crippen LogP contribution in [0.15, 0.2) is 140 Å². The number of fused-ring (bicyclic) bond motifs is 1. The summed E-state index contributed by atoms with van der Waals surface area (Å²) in [7, 11) is 1.68. The van der Waals surface area contributed by atoms with Crippen molar-refractivity contribution in [3.63, 3.8) is 0 Å². The summed E-state index contributed by atoms with van der Waals surface area (Å²) in [4.78, 5) is 19.0. The van der Waals surface area contributed by atoms with Crippen molar-refractivity contribution in [2.45, 2.75) is 12.5 Å². The van der Waals surface area contributed by atoms with Gasteiger partial charge in [-0.05, 0) is 75.6 Å². The van der Waals surface area contributed by atoms with Crippen molar-refractivity contribution in [1.29, 1.82) is 0 Å². The van der Waals surface area contributed by atoms with Gasteiger partial charge in [-0.3, -0.25) is 14.4 Å². The highest BCUT2D eigenvalue weighted by Crippen LogP contribution is 2.37. The first-order chi connectivity index (χ1) is 21.5. The predicted molar refractivity (Wildman–Crippen MR) is 184 cm³/mol. The molecule has 5 aromatic carbocycles. The highest BCUT2D eigenvalue weighted by atomic mass is 79.9. The van der Waals surface area contributed by atoms with E-state index in [1.807, 2.05) is 97.1 Å². The molecule has 1 aromatic heterocycles. The van der Waals surface area contributed by atoms with E-state index in [0.717, 1.165) is 54.9 Å². The molecule has 0 saturated carbocycles. The van der Waals surface area contributed by atoms with Crippen LogP contribution in [0.3, 0.4) is 0 Å². The first-order valence-corrected chi connectivity index (χ1v) is 15.7. The smallest absolute Gasteiger partial charge is 0.266 e. The summed E-state index contributed by atoms with van der Waals surface area (Å²) < 4.78 is 8.63. The molecule has 1 atom stereocenters. The number of benzene rings is 5. The van der Waals surface area contributed by atoms with E-state index < -0.39 is 0 Å². The Morgan fingerprint density at radius 1 is 0.773 bits per heavy atom. The minimum atomic E-state index is -0.142.